The molecule has 0 aromatic heterocycles. The molecule has 0 radical (unpaired) electrons. The standard InChI is InChI=1S/C69H112O6/c1-4-7-10-13-16-19-22-25-28-30-32-34-36-38-41-44-47-50-53-56-59-62-68(71)74-65-66(64-73-67(70)61-58-55-52-49-46-43-40-27-24-21-18-15-12-9-6-3)75-69(72)63-60-57-54-51-48-45-42-39-37-35-33-31-29-26-23-20-17-14-11-8-5-2/h7,9-10,12,16,18-19,21,23,25-28,31-34,37-41,66H,4-6,8,11,13-15,17,20,22,24,29-30,35-36,42-65H2,1-3H3/b10-7-,12-9-,19-16-,21-18-,26-23-,28-25-,33-31-,34-32-,39-37-,40-27-,41-38-. The fraction of sp³-hybridized carbons (Fsp3) is 0.638. The highest BCUT2D eigenvalue weighted by molar-refractivity contribution is 5.71. The Kier molecular flexibility index (Phi) is 58.4. The van der Waals surface area contributed by atoms with Crippen molar-refractivity contribution in [3.05, 3.63) is 134 Å². The number of carbonyl (C=O) groups excluding carboxylic acids is 3. The molecule has 0 saturated carbocycles. The van der Waals surface area contributed by atoms with E-state index in [1.54, 1.807) is 0 Å². The first kappa shape index (κ1) is 70.5. The van der Waals surface area contributed by atoms with Gasteiger partial charge in [0.1, 0.15) is 13.2 Å². The van der Waals surface area contributed by atoms with Crippen molar-refractivity contribution in [1.29, 1.82) is 0 Å². The lowest BCUT2D eigenvalue weighted by molar-refractivity contribution is -0.167. The number of hydrogen-bond donors (Lipinski definition) is 0. The van der Waals surface area contributed by atoms with E-state index in [4.69, 9.17) is 14.2 Å². The van der Waals surface area contributed by atoms with Crippen molar-refractivity contribution in [2.45, 2.75) is 271 Å². The fourth-order valence-electron chi connectivity index (χ4n) is 8.08. The molecule has 0 spiro atoms. The maximum absolute atomic E-state index is 12.9. The molecule has 0 bridgehead atoms. The van der Waals surface area contributed by atoms with Gasteiger partial charge in [0.25, 0.3) is 0 Å². The van der Waals surface area contributed by atoms with Gasteiger partial charge >= 0.3 is 17.9 Å². The summed E-state index contributed by atoms with van der Waals surface area (Å²) in [6, 6.07) is 0. The van der Waals surface area contributed by atoms with E-state index >= 15 is 0 Å². The van der Waals surface area contributed by atoms with Gasteiger partial charge in [0, 0.05) is 19.3 Å². The molecule has 1 unspecified atom stereocenters. The Bertz CT molecular complexity index is 1620. The number of hydrogen-bond acceptors (Lipinski definition) is 6. The summed E-state index contributed by atoms with van der Waals surface area (Å²) in [5.74, 6) is -0.951. The summed E-state index contributed by atoms with van der Waals surface area (Å²) in [5.41, 5.74) is 0. The van der Waals surface area contributed by atoms with Crippen LogP contribution in [0.2, 0.25) is 0 Å². The van der Waals surface area contributed by atoms with Crippen molar-refractivity contribution in [2.24, 2.45) is 0 Å². The molecule has 0 rings (SSSR count). The molecule has 6 nitrogen and oxygen atoms in total. The molecule has 0 aliphatic carbocycles. The van der Waals surface area contributed by atoms with Gasteiger partial charge in [-0.05, 0) is 135 Å². The molecule has 424 valence electrons. The molecule has 0 fully saturated rings. The Morgan fingerprint density at radius 3 is 0.813 bits per heavy atom. The second-order valence-corrected chi connectivity index (χ2v) is 19.8. The van der Waals surface area contributed by atoms with Crippen LogP contribution in [0.3, 0.4) is 0 Å². The summed E-state index contributed by atoms with van der Waals surface area (Å²) in [6.45, 7) is 6.36. The normalized spacial score (nSPS) is 13.1. The molecule has 75 heavy (non-hydrogen) atoms. The predicted octanol–water partition coefficient (Wildman–Crippen LogP) is 21.0. The number of unbranched alkanes of at least 4 members (excludes halogenated alkanes) is 21. The van der Waals surface area contributed by atoms with Crippen LogP contribution < -0.4 is 0 Å². The summed E-state index contributed by atoms with van der Waals surface area (Å²) in [6.07, 6.45) is 87.3. The van der Waals surface area contributed by atoms with Crippen LogP contribution >= 0.6 is 0 Å². The molecule has 0 N–H and O–H groups in total. The monoisotopic (exact) mass is 1040 g/mol. The largest absolute Gasteiger partial charge is 0.462 e. The zero-order valence-corrected chi connectivity index (χ0v) is 48.5. The van der Waals surface area contributed by atoms with Gasteiger partial charge in [-0.25, -0.2) is 0 Å². The number of ether oxygens (including phenoxy) is 3. The van der Waals surface area contributed by atoms with E-state index in [0.29, 0.717) is 19.3 Å². The molecule has 0 aromatic rings. The minimum atomic E-state index is -0.807. The smallest absolute Gasteiger partial charge is 0.306 e. The average Bonchev–Trinajstić information content (AvgIpc) is 3.41. The van der Waals surface area contributed by atoms with Crippen molar-refractivity contribution in [3.63, 3.8) is 0 Å². The minimum Gasteiger partial charge on any atom is -0.462 e. The average molecular weight is 1040 g/mol. The molecule has 0 heterocycles. The topological polar surface area (TPSA) is 78.9 Å². The summed E-state index contributed by atoms with van der Waals surface area (Å²) >= 11 is 0. The van der Waals surface area contributed by atoms with Crippen LogP contribution in [0.25, 0.3) is 0 Å². The van der Waals surface area contributed by atoms with Crippen molar-refractivity contribution in [3.8, 4) is 0 Å². The van der Waals surface area contributed by atoms with Gasteiger partial charge in [-0.3, -0.25) is 14.4 Å². The second-order valence-electron chi connectivity index (χ2n) is 19.8. The Morgan fingerprint density at radius 1 is 0.280 bits per heavy atom. The van der Waals surface area contributed by atoms with Gasteiger partial charge in [0.15, 0.2) is 6.10 Å². The first-order valence-electron chi connectivity index (χ1n) is 30.7. The molecule has 0 aliphatic rings. The molecular weight excluding hydrogens is 925 g/mol. The quantitative estimate of drug-likeness (QED) is 0.0261. The summed E-state index contributed by atoms with van der Waals surface area (Å²) in [7, 11) is 0. The van der Waals surface area contributed by atoms with Crippen molar-refractivity contribution >= 4 is 17.9 Å². The van der Waals surface area contributed by atoms with Crippen LogP contribution in [0.4, 0.5) is 0 Å². The van der Waals surface area contributed by atoms with E-state index in [1.165, 1.54) is 51.4 Å². The minimum absolute atomic E-state index is 0.103. The third-order valence-electron chi connectivity index (χ3n) is 12.6. The van der Waals surface area contributed by atoms with Gasteiger partial charge in [-0.2, -0.15) is 0 Å². The van der Waals surface area contributed by atoms with Crippen LogP contribution in [-0.4, -0.2) is 37.2 Å². The van der Waals surface area contributed by atoms with Gasteiger partial charge in [-0.15, -0.1) is 0 Å². The predicted molar refractivity (Wildman–Crippen MR) is 325 cm³/mol. The van der Waals surface area contributed by atoms with Crippen molar-refractivity contribution in [2.75, 3.05) is 13.2 Å². The Labute approximate surface area is 462 Å². The lowest BCUT2D eigenvalue weighted by atomic mass is 10.1. The van der Waals surface area contributed by atoms with Crippen LogP contribution in [0.5, 0.6) is 0 Å². The van der Waals surface area contributed by atoms with Crippen LogP contribution in [0, 0.1) is 0 Å². The third kappa shape index (κ3) is 60.3. The van der Waals surface area contributed by atoms with Crippen molar-refractivity contribution in [1.82, 2.24) is 0 Å². The van der Waals surface area contributed by atoms with Gasteiger partial charge in [0.05, 0.1) is 0 Å². The van der Waals surface area contributed by atoms with Crippen molar-refractivity contribution < 1.29 is 28.6 Å². The Hall–Kier alpha value is -4.45. The van der Waals surface area contributed by atoms with Gasteiger partial charge < -0.3 is 14.2 Å². The number of rotatable bonds is 54. The van der Waals surface area contributed by atoms with E-state index in [0.717, 1.165) is 173 Å². The van der Waals surface area contributed by atoms with Gasteiger partial charge in [0.2, 0.25) is 0 Å². The molecule has 0 saturated heterocycles. The van der Waals surface area contributed by atoms with E-state index in [-0.39, 0.29) is 31.1 Å². The van der Waals surface area contributed by atoms with Crippen LogP contribution in [0.1, 0.15) is 265 Å². The molecule has 1 atom stereocenters. The SMILES string of the molecule is CC/C=C\C/C=C\C/C=C\C/C=C\C/C=C\CCCCCCCC(=O)OCC(COC(=O)CCCCCCC/C=C\C/C=C\C/C=C\CC)OC(=O)CCCCCCCC/C=C\C/C=C\C/C=C\CCCCCCC. The zero-order valence-electron chi connectivity index (χ0n) is 48.5. The van der Waals surface area contributed by atoms with E-state index in [1.807, 2.05) is 0 Å². The van der Waals surface area contributed by atoms with Crippen LogP contribution in [0.15, 0.2) is 134 Å². The number of carbonyl (C=O) groups is 3. The van der Waals surface area contributed by atoms with E-state index < -0.39 is 6.10 Å². The van der Waals surface area contributed by atoms with E-state index in [2.05, 4.69) is 154 Å². The molecular formula is C69H112O6. The number of esters is 3. The summed E-state index contributed by atoms with van der Waals surface area (Å²) < 4.78 is 16.9. The highest BCUT2D eigenvalue weighted by Crippen LogP contribution is 2.14. The van der Waals surface area contributed by atoms with E-state index in [9.17, 15) is 14.4 Å². The lowest BCUT2D eigenvalue weighted by Crippen LogP contribution is -2.30. The highest BCUT2D eigenvalue weighted by atomic mass is 16.6. The number of allylic oxidation sites excluding steroid dienone is 22. The zero-order chi connectivity index (χ0) is 54.3. The Morgan fingerprint density at radius 2 is 0.520 bits per heavy atom. The highest BCUT2D eigenvalue weighted by Gasteiger charge is 2.19. The fourth-order valence-corrected chi connectivity index (χ4v) is 8.08. The first-order chi connectivity index (χ1) is 37.0. The molecule has 6 heteroatoms. The molecule has 0 aliphatic heterocycles. The maximum Gasteiger partial charge on any atom is 0.306 e. The lowest BCUT2D eigenvalue weighted by Gasteiger charge is -2.18. The Balaban J connectivity index is 4.49. The molecule has 0 aromatic carbocycles. The van der Waals surface area contributed by atoms with Gasteiger partial charge in [-0.1, -0.05) is 244 Å². The molecule has 0 amide bonds. The first-order valence-corrected chi connectivity index (χ1v) is 30.7. The summed E-state index contributed by atoms with van der Waals surface area (Å²) in [4.78, 5) is 38.3. The van der Waals surface area contributed by atoms with Crippen LogP contribution in [-0.2, 0) is 28.6 Å². The second kappa shape index (κ2) is 62.1. The third-order valence-corrected chi connectivity index (χ3v) is 12.6. The summed E-state index contributed by atoms with van der Waals surface area (Å²) in [5, 5.41) is 0. The maximum atomic E-state index is 12.9.